The molecule has 0 N–H and O–H groups in total. The highest BCUT2D eigenvalue weighted by Gasteiger charge is 2.16. The van der Waals surface area contributed by atoms with E-state index < -0.39 is 4.92 Å². The smallest absolute Gasteiger partial charge is 0.329 e. The third kappa shape index (κ3) is 2.54. The Kier molecular flexibility index (Phi) is 3.38. The zero-order valence-electron chi connectivity index (χ0n) is 9.57. The molecule has 1 aromatic heterocycles. The predicted molar refractivity (Wildman–Crippen MR) is 64.0 cm³/mol. The second-order valence-electron chi connectivity index (χ2n) is 3.37. The maximum Gasteiger partial charge on any atom is 0.329 e. The van der Waals surface area contributed by atoms with Crippen LogP contribution in [0.1, 0.15) is 0 Å². The molecule has 0 atom stereocenters. The fourth-order valence-electron chi connectivity index (χ4n) is 1.38. The zero-order chi connectivity index (χ0) is 13.0. The van der Waals surface area contributed by atoms with E-state index in [2.05, 4.69) is 4.98 Å². The van der Waals surface area contributed by atoms with Crippen molar-refractivity contribution < 1.29 is 14.4 Å². The van der Waals surface area contributed by atoms with Gasteiger partial charge in [0.1, 0.15) is 11.9 Å². The number of aromatic nitrogens is 1. The van der Waals surface area contributed by atoms with Crippen LogP contribution in [0.5, 0.6) is 17.4 Å². The predicted octanol–water partition coefficient (Wildman–Crippen LogP) is 2.79. The van der Waals surface area contributed by atoms with E-state index in [1.54, 1.807) is 12.1 Å². The summed E-state index contributed by atoms with van der Waals surface area (Å²) < 4.78 is 10.4. The molecule has 18 heavy (non-hydrogen) atoms. The van der Waals surface area contributed by atoms with Crippen molar-refractivity contribution in [2.75, 3.05) is 7.11 Å². The summed E-state index contributed by atoms with van der Waals surface area (Å²) >= 11 is 0. The fourth-order valence-corrected chi connectivity index (χ4v) is 1.38. The standard InChI is InChI=1S/C12H10N2O4/c1-17-11-7-12(13-8-10(11)14(15)16)18-9-5-3-2-4-6-9/h2-8H,1H3. The van der Waals surface area contributed by atoms with Gasteiger partial charge in [-0.25, -0.2) is 4.98 Å². The lowest BCUT2D eigenvalue weighted by Gasteiger charge is -2.06. The van der Waals surface area contributed by atoms with Crippen LogP contribution in [0.15, 0.2) is 42.6 Å². The largest absolute Gasteiger partial charge is 0.490 e. The van der Waals surface area contributed by atoms with Gasteiger partial charge in [0.15, 0.2) is 0 Å². The average Bonchev–Trinajstić information content (AvgIpc) is 2.39. The van der Waals surface area contributed by atoms with Crippen LogP contribution in [0.2, 0.25) is 0 Å². The number of ether oxygens (including phenoxy) is 2. The van der Waals surface area contributed by atoms with Gasteiger partial charge in [-0.2, -0.15) is 0 Å². The Morgan fingerprint density at radius 2 is 2.00 bits per heavy atom. The molecule has 6 heteroatoms. The number of methoxy groups -OCH3 is 1. The summed E-state index contributed by atoms with van der Waals surface area (Å²) in [5, 5.41) is 10.7. The molecule has 0 aliphatic carbocycles. The summed E-state index contributed by atoms with van der Waals surface area (Å²) in [4.78, 5) is 14.0. The molecule has 0 bridgehead atoms. The minimum Gasteiger partial charge on any atom is -0.490 e. The quantitative estimate of drug-likeness (QED) is 0.612. The van der Waals surface area contributed by atoms with Crippen molar-refractivity contribution >= 4 is 5.69 Å². The van der Waals surface area contributed by atoms with Crippen LogP contribution in [-0.4, -0.2) is 17.0 Å². The Balaban J connectivity index is 2.28. The molecule has 6 nitrogen and oxygen atoms in total. The highest BCUT2D eigenvalue weighted by Crippen LogP contribution is 2.30. The summed E-state index contributed by atoms with van der Waals surface area (Å²) in [5.74, 6) is 0.950. The SMILES string of the molecule is COc1cc(Oc2ccccc2)ncc1[N+](=O)[O-]. The van der Waals surface area contributed by atoms with Gasteiger partial charge in [-0.3, -0.25) is 10.1 Å². The lowest BCUT2D eigenvalue weighted by Crippen LogP contribution is -1.96. The number of nitrogens with zero attached hydrogens (tertiary/aromatic N) is 2. The van der Waals surface area contributed by atoms with E-state index in [1.165, 1.54) is 13.2 Å². The van der Waals surface area contributed by atoms with Gasteiger partial charge in [-0.05, 0) is 12.1 Å². The third-order valence-corrected chi connectivity index (χ3v) is 2.20. The second kappa shape index (κ2) is 5.13. The summed E-state index contributed by atoms with van der Waals surface area (Å²) in [7, 11) is 1.36. The number of hydrogen-bond donors (Lipinski definition) is 0. The maximum absolute atomic E-state index is 10.7. The highest BCUT2D eigenvalue weighted by molar-refractivity contribution is 5.47. The van der Waals surface area contributed by atoms with E-state index in [0.29, 0.717) is 5.75 Å². The van der Waals surface area contributed by atoms with Gasteiger partial charge < -0.3 is 9.47 Å². The molecule has 0 aliphatic heterocycles. The van der Waals surface area contributed by atoms with E-state index in [1.807, 2.05) is 18.2 Å². The van der Waals surface area contributed by atoms with Crippen molar-refractivity contribution in [1.29, 1.82) is 0 Å². The number of para-hydroxylation sites is 1. The average molecular weight is 246 g/mol. The van der Waals surface area contributed by atoms with Gasteiger partial charge in [0.25, 0.3) is 0 Å². The topological polar surface area (TPSA) is 74.5 Å². The Morgan fingerprint density at radius 3 is 2.61 bits per heavy atom. The molecular weight excluding hydrogens is 236 g/mol. The first-order chi connectivity index (χ1) is 8.70. The molecule has 2 aromatic rings. The third-order valence-electron chi connectivity index (χ3n) is 2.20. The maximum atomic E-state index is 10.7. The monoisotopic (exact) mass is 246 g/mol. The van der Waals surface area contributed by atoms with Crippen molar-refractivity contribution in [2.24, 2.45) is 0 Å². The van der Waals surface area contributed by atoms with Crippen LogP contribution in [0.25, 0.3) is 0 Å². The number of nitro groups is 1. The normalized spacial score (nSPS) is 9.83. The number of benzene rings is 1. The van der Waals surface area contributed by atoms with Crippen LogP contribution in [0, 0.1) is 10.1 Å². The molecule has 0 aliphatic rings. The molecule has 0 fully saturated rings. The van der Waals surface area contributed by atoms with Crippen LogP contribution in [0.4, 0.5) is 5.69 Å². The van der Waals surface area contributed by atoms with Gasteiger partial charge in [-0.1, -0.05) is 18.2 Å². The Hall–Kier alpha value is -2.63. The zero-order valence-corrected chi connectivity index (χ0v) is 9.57. The molecule has 0 radical (unpaired) electrons. The Labute approximate surface area is 103 Å². The van der Waals surface area contributed by atoms with E-state index >= 15 is 0 Å². The molecule has 92 valence electrons. The summed E-state index contributed by atoms with van der Waals surface area (Å²) in [6, 6.07) is 10.4. The van der Waals surface area contributed by atoms with Gasteiger partial charge in [0.2, 0.25) is 11.6 Å². The molecule has 0 spiro atoms. The molecule has 1 aromatic carbocycles. The number of pyridine rings is 1. The number of hydrogen-bond acceptors (Lipinski definition) is 5. The minimum atomic E-state index is -0.557. The van der Waals surface area contributed by atoms with Crippen LogP contribution >= 0.6 is 0 Å². The molecule has 0 amide bonds. The van der Waals surface area contributed by atoms with Crippen molar-refractivity contribution in [1.82, 2.24) is 4.98 Å². The van der Waals surface area contributed by atoms with E-state index in [-0.39, 0.29) is 17.3 Å². The van der Waals surface area contributed by atoms with Crippen molar-refractivity contribution in [3.05, 3.63) is 52.7 Å². The Bertz CT molecular complexity index is 557. The van der Waals surface area contributed by atoms with Crippen molar-refractivity contribution in [3.8, 4) is 17.4 Å². The van der Waals surface area contributed by atoms with Crippen LogP contribution in [0.3, 0.4) is 0 Å². The first-order valence-electron chi connectivity index (χ1n) is 5.12. The number of rotatable bonds is 4. The molecule has 0 saturated carbocycles. The first-order valence-corrected chi connectivity index (χ1v) is 5.12. The van der Waals surface area contributed by atoms with Crippen LogP contribution < -0.4 is 9.47 Å². The van der Waals surface area contributed by atoms with Crippen molar-refractivity contribution in [3.63, 3.8) is 0 Å². The van der Waals surface area contributed by atoms with Gasteiger partial charge in [0.05, 0.1) is 18.1 Å². The first kappa shape index (κ1) is 11.8. The van der Waals surface area contributed by atoms with Gasteiger partial charge in [-0.15, -0.1) is 0 Å². The lowest BCUT2D eigenvalue weighted by atomic mass is 10.3. The summed E-state index contributed by atoms with van der Waals surface area (Å²) in [6.45, 7) is 0. The molecule has 2 rings (SSSR count). The fraction of sp³-hybridized carbons (Fsp3) is 0.0833. The van der Waals surface area contributed by atoms with E-state index in [0.717, 1.165) is 6.20 Å². The van der Waals surface area contributed by atoms with Crippen LogP contribution in [-0.2, 0) is 0 Å². The minimum absolute atomic E-state index is 0.112. The molecular formula is C12H10N2O4. The lowest BCUT2D eigenvalue weighted by molar-refractivity contribution is -0.386. The van der Waals surface area contributed by atoms with E-state index in [9.17, 15) is 10.1 Å². The molecule has 0 unspecified atom stereocenters. The van der Waals surface area contributed by atoms with E-state index in [4.69, 9.17) is 9.47 Å². The summed E-state index contributed by atoms with van der Waals surface area (Å²) in [5.41, 5.74) is -0.196. The van der Waals surface area contributed by atoms with Crippen molar-refractivity contribution in [2.45, 2.75) is 0 Å². The summed E-state index contributed by atoms with van der Waals surface area (Å²) in [6.07, 6.45) is 1.11. The van der Waals surface area contributed by atoms with Gasteiger partial charge >= 0.3 is 5.69 Å². The van der Waals surface area contributed by atoms with Gasteiger partial charge in [0, 0.05) is 0 Å². The Morgan fingerprint density at radius 1 is 1.28 bits per heavy atom. The highest BCUT2D eigenvalue weighted by atomic mass is 16.6. The second-order valence-corrected chi connectivity index (χ2v) is 3.37. The molecule has 1 heterocycles. The molecule has 0 saturated heterocycles.